The number of hydrogen-bond acceptors (Lipinski definition) is 5. The molecular weight excluding hydrogens is 272 g/mol. The van der Waals surface area contributed by atoms with E-state index in [0.717, 1.165) is 5.39 Å². The fourth-order valence-corrected chi connectivity index (χ4v) is 2.14. The van der Waals surface area contributed by atoms with Crippen molar-refractivity contribution in [2.45, 2.75) is 13.2 Å². The van der Waals surface area contributed by atoms with E-state index in [2.05, 4.69) is 5.43 Å². The van der Waals surface area contributed by atoms with Crippen LogP contribution in [-0.2, 0) is 18.0 Å². The van der Waals surface area contributed by atoms with Crippen molar-refractivity contribution in [3.8, 4) is 0 Å². The first-order valence-electron chi connectivity index (χ1n) is 6.41. The number of hydrogen-bond donors (Lipinski definition) is 2. The zero-order valence-electron chi connectivity index (χ0n) is 11.2. The summed E-state index contributed by atoms with van der Waals surface area (Å²) in [5.74, 6) is 5.58. The number of benzene rings is 1. The molecule has 2 heterocycles. The largest absolute Gasteiger partial charge is 0.467 e. The second-order valence-electron chi connectivity index (χ2n) is 4.45. The summed E-state index contributed by atoms with van der Waals surface area (Å²) in [4.78, 5) is 11.8. The summed E-state index contributed by atoms with van der Waals surface area (Å²) < 4.78 is 16.3. The van der Waals surface area contributed by atoms with Crippen LogP contribution in [0.15, 0.2) is 51.5 Å². The number of carbonyl (C=O) groups is 1. The third-order valence-corrected chi connectivity index (χ3v) is 3.11. The highest BCUT2D eigenvalue weighted by Crippen LogP contribution is 2.26. The number of nitrogen functional groups attached to an aromatic ring is 1. The molecule has 0 aliphatic carbocycles. The van der Waals surface area contributed by atoms with Gasteiger partial charge in [-0.2, -0.15) is 0 Å². The van der Waals surface area contributed by atoms with Crippen molar-refractivity contribution in [1.82, 2.24) is 5.43 Å². The number of furan rings is 2. The van der Waals surface area contributed by atoms with E-state index in [1.54, 1.807) is 18.4 Å². The first kappa shape index (κ1) is 13.4. The van der Waals surface area contributed by atoms with Crippen LogP contribution in [0.1, 0.15) is 21.9 Å². The van der Waals surface area contributed by atoms with Gasteiger partial charge in [0.2, 0.25) is 0 Å². The second kappa shape index (κ2) is 5.82. The molecule has 0 bridgehead atoms. The van der Waals surface area contributed by atoms with E-state index in [1.165, 1.54) is 0 Å². The molecule has 0 atom stereocenters. The summed E-state index contributed by atoms with van der Waals surface area (Å²) in [6, 6.07) is 11.0. The molecule has 0 aliphatic rings. The molecule has 0 spiro atoms. The SMILES string of the molecule is NNC(=O)c1oc2ccccc2c1COCc1ccco1. The lowest BCUT2D eigenvalue weighted by atomic mass is 10.1. The van der Waals surface area contributed by atoms with Crippen molar-refractivity contribution in [1.29, 1.82) is 0 Å². The lowest BCUT2D eigenvalue weighted by Gasteiger charge is -2.03. The predicted octanol–water partition coefficient (Wildman–Crippen LogP) is 2.35. The summed E-state index contributed by atoms with van der Waals surface area (Å²) >= 11 is 0. The number of rotatable bonds is 5. The fraction of sp³-hybridized carbons (Fsp3) is 0.133. The molecule has 1 aromatic carbocycles. The standard InChI is InChI=1S/C15H14N2O4/c16-17-15(18)14-12(9-19-8-10-4-3-7-20-10)11-5-1-2-6-13(11)21-14/h1-7H,8-9,16H2,(H,17,18). The third-order valence-electron chi connectivity index (χ3n) is 3.11. The van der Waals surface area contributed by atoms with E-state index >= 15 is 0 Å². The molecule has 3 rings (SSSR count). The Morgan fingerprint density at radius 3 is 2.81 bits per heavy atom. The van der Waals surface area contributed by atoms with E-state index < -0.39 is 5.91 Å². The number of amides is 1. The Bertz CT molecular complexity index is 746. The molecule has 0 radical (unpaired) electrons. The van der Waals surface area contributed by atoms with Crippen molar-refractivity contribution in [3.63, 3.8) is 0 Å². The maximum Gasteiger partial charge on any atom is 0.301 e. The average molecular weight is 286 g/mol. The van der Waals surface area contributed by atoms with E-state index in [-0.39, 0.29) is 12.4 Å². The van der Waals surface area contributed by atoms with Gasteiger partial charge < -0.3 is 13.6 Å². The van der Waals surface area contributed by atoms with Gasteiger partial charge in [-0.3, -0.25) is 10.2 Å². The molecule has 108 valence electrons. The van der Waals surface area contributed by atoms with E-state index in [9.17, 15) is 4.79 Å². The van der Waals surface area contributed by atoms with E-state index in [0.29, 0.717) is 23.5 Å². The summed E-state index contributed by atoms with van der Waals surface area (Å²) in [7, 11) is 0. The smallest absolute Gasteiger partial charge is 0.301 e. The Morgan fingerprint density at radius 1 is 1.19 bits per heavy atom. The molecule has 1 amide bonds. The molecule has 6 nitrogen and oxygen atoms in total. The topological polar surface area (TPSA) is 90.6 Å². The van der Waals surface area contributed by atoms with Crippen LogP contribution < -0.4 is 11.3 Å². The maximum atomic E-state index is 11.8. The van der Waals surface area contributed by atoms with Gasteiger partial charge >= 0.3 is 5.91 Å². The summed E-state index contributed by atoms with van der Waals surface area (Å²) in [5.41, 5.74) is 3.36. The van der Waals surface area contributed by atoms with Gasteiger partial charge in [-0.05, 0) is 18.2 Å². The van der Waals surface area contributed by atoms with Crippen LogP contribution in [0, 0.1) is 0 Å². The van der Waals surface area contributed by atoms with Gasteiger partial charge in [-0.15, -0.1) is 0 Å². The van der Waals surface area contributed by atoms with Gasteiger partial charge in [0.15, 0.2) is 5.76 Å². The van der Waals surface area contributed by atoms with Crippen molar-refractivity contribution in [2.75, 3.05) is 0 Å². The molecular formula is C15H14N2O4. The Hall–Kier alpha value is -2.57. The van der Waals surface area contributed by atoms with Gasteiger partial charge in [0.1, 0.15) is 18.0 Å². The van der Waals surface area contributed by atoms with Gasteiger partial charge in [0.25, 0.3) is 0 Å². The van der Waals surface area contributed by atoms with Crippen molar-refractivity contribution < 1.29 is 18.4 Å². The maximum absolute atomic E-state index is 11.8. The van der Waals surface area contributed by atoms with Crippen LogP contribution in [0.5, 0.6) is 0 Å². The second-order valence-corrected chi connectivity index (χ2v) is 4.45. The highest BCUT2D eigenvalue weighted by Gasteiger charge is 2.19. The van der Waals surface area contributed by atoms with Crippen LogP contribution in [-0.4, -0.2) is 5.91 Å². The molecule has 0 saturated heterocycles. The fourth-order valence-electron chi connectivity index (χ4n) is 2.14. The first-order valence-corrected chi connectivity index (χ1v) is 6.41. The van der Waals surface area contributed by atoms with Crippen LogP contribution >= 0.6 is 0 Å². The minimum Gasteiger partial charge on any atom is -0.467 e. The summed E-state index contributed by atoms with van der Waals surface area (Å²) in [5, 5.41) is 0.829. The molecule has 3 aromatic rings. The first-order chi connectivity index (χ1) is 10.3. The molecule has 2 aromatic heterocycles. The summed E-state index contributed by atoms with van der Waals surface area (Å²) in [6.07, 6.45) is 1.58. The van der Waals surface area contributed by atoms with Crippen LogP contribution in [0.25, 0.3) is 11.0 Å². The number of nitrogens with one attached hydrogen (secondary N) is 1. The molecule has 0 unspecified atom stereocenters. The number of fused-ring (bicyclic) bond motifs is 1. The normalized spacial score (nSPS) is 10.9. The minimum atomic E-state index is -0.484. The molecule has 3 N–H and O–H groups in total. The number of ether oxygens (including phenoxy) is 1. The molecule has 0 saturated carbocycles. The number of hydrazine groups is 1. The predicted molar refractivity (Wildman–Crippen MR) is 75.1 cm³/mol. The van der Waals surface area contributed by atoms with Crippen molar-refractivity contribution in [3.05, 3.63) is 59.7 Å². The molecule has 0 aliphatic heterocycles. The lowest BCUT2D eigenvalue weighted by Crippen LogP contribution is -2.30. The highest BCUT2D eigenvalue weighted by atomic mass is 16.5. The van der Waals surface area contributed by atoms with Crippen LogP contribution in [0.4, 0.5) is 0 Å². The van der Waals surface area contributed by atoms with Crippen LogP contribution in [0.2, 0.25) is 0 Å². The Labute approximate surface area is 120 Å². The van der Waals surface area contributed by atoms with Gasteiger partial charge in [0.05, 0.1) is 12.9 Å². The monoisotopic (exact) mass is 286 g/mol. The van der Waals surface area contributed by atoms with Gasteiger partial charge in [-0.25, -0.2) is 5.84 Å². The Kier molecular flexibility index (Phi) is 3.72. The summed E-state index contributed by atoms with van der Waals surface area (Å²) in [6.45, 7) is 0.538. The highest BCUT2D eigenvalue weighted by molar-refractivity contribution is 5.98. The van der Waals surface area contributed by atoms with Crippen molar-refractivity contribution in [2.24, 2.45) is 5.84 Å². The number of carbonyl (C=O) groups excluding carboxylic acids is 1. The van der Waals surface area contributed by atoms with Gasteiger partial charge in [-0.1, -0.05) is 18.2 Å². The Balaban J connectivity index is 1.86. The lowest BCUT2D eigenvalue weighted by molar-refractivity contribution is 0.0862. The zero-order chi connectivity index (χ0) is 14.7. The quantitative estimate of drug-likeness (QED) is 0.427. The van der Waals surface area contributed by atoms with Crippen molar-refractivity contribution >= 4 is 16.9 Å². The van der Waals surface area contributed by atoms with Crippen LogP contribution in [0.3, 0.4) is 0 Å². The van der Waals surface area contributed by atoms with E-state index in [1.807, 2.05) is 24.3 Å². The average Bonchev–Trinajstić information content (AvgIpc) is 3.14. The number of nitrogens with two attached hydrogens (primary N) is 1. The Morgan fingerprint density at radius 2 is 2.05 bits per heavy atom. The molecule has 0 fully saturated rings. The molecule has 6 heteroatoms. The zero-order valence-corrected chi connectivity index (χ0v) is 11.2. The minimum absolute atomic E-state index is 0.165. The number of para-hydroxylation sites is 1. The van der Waals surface area contributed by atoms with Gasteiger partial charge in [0, 0.05) is 10.9 Å². The van der Waals surface area contributed by atoms with E-state index in [4.69, 9.17) is 19.4 Å². The third kappa shape index (κ3) is 2.67. The molecule has 21 heavy (non-hydrogen) atoms.